The minimum atomic E-state index is -1.05. The number of aromatic nitrogens is 1. The average Bonchev–Trinajstić information content (AvgIpc) is 2.98. The van der Waals surface area contributed by atoms with E-state index in [9.17, 15) is 5.11 Å². The van der Waals surface area contributed by atoms with Crippen molar-refractivity contribution >= 4 is 11.4 Å². The van der Waals surface area contributed by atoms with Crippen molar-refractivity contribution in [1.82, 2.24) is 4.98 Å². The first kappa shape index (κ1) is 19.5. The molecule has 0 aliphatic carbocycles. The molecule has 3 aromatic rings. The number of anilines is 2. The van der Waals surface area contributed by atoms with Gasteiger partial charge in [0.05, 0.1) is 0 Å². The van der Waals surface area contributed by atoms with Gasteiger partial charge < -0.3 is 15.3 Å². The van der Waals surface area contributed by atoms with Crippen LogP contribution in [0.25, 0.3) is 0 Å². The first-order valence-electron chi connectivity index (χ1n) is 10.1. The Morgan fingerprint density at radius 2 is 1.72 bits per heavy atom. The number of nitrogens with one attached hydrogen (secondary N) is 1. The Balaban J connectivity index is 1.61. The number of hydrogen-bond acceptors (Lipinski definition) is 4. The topological polar surface area (TPSA) is 48.4 Å². The van der Waals surface area contributed by atoms with Gasteiger partial charge in [0.2, 0.25) is 0 Å². The summed E-state index contributed by atoms with van der Waals surface area (Å²) in [5.74, 6) is 0. The minimum Gasteiger partial charge on any atom is -0.381 e. The van der Waals surface area contributed by atoms with E-state index >= 15 is 0 Å². The molecule has 0 saturated carbocycles. The summed E-state index contributed by atoms with van der Waals surface area (Å²) < 4.78 is 0. The molecule has 0 saturated heterocycles. The summed E-state index contributed by atoms with van der Waals surface area (Å²) in [6, 6.07) is 18.7. The summed E-state index contributed by atoms with van der Waals surface area (Å²) in [6.07, 6.45) is 3.61. The van der Waals surface area contributed by atoms with Crippen LogP contribution in [0, 0.1) is 0 Å². The zero-order valence-corrected chi connectivity index (χ0v) is 17.6. The molecule has 0 spiro atoms. The Morgan fingerprint density at radius 3 is 2.38 bits per heavy atom. The maximum absolute atomic E-state index is 11.4. The van der Waals surface area contributed by atoms with E-state index in [1.165, 1.54) is 11.1 Å². The van der Waals surface area contributed by atoms with Gasteiger partial charge in [0.1, 0.15) is 0 Å². The first-order chi connectivity index (χ1) is 13.8. The number of benzene rings is 2. The quantitative estimate of drug-likeness (QED) is 0.648. The van der Waals surface area contributed by atoms with Gasteiger partial charge in [0, 0.05) is 48.0 Å². The summed E-state index contributed by atoms with van der Waals surface area (Å²) in [7, 11) is 0. The smallest absolute Gasteiger partial charge is 0.162 e. The van der Waals surface area contributed by atoms with Crippen molar-refractivity contribution in [1.29, 1.82) is 0 Å². The molecule has 29 heavy (non-hydrogen) atoms. The van der Waals surface area contributed by atoms with Crippen molar-refractivity contribution in [2.24, 2.45) is 0 Å². The molecule has 1 unspecified atom stereocenters. The Labute approximate surface area is 173 Å². The molecule has 0 fully saturated rings. The third-order valence-corrected chi connectivity index (χ3v) is 5.81. The molecule has 1 aliphatic heterocycles. The fourth-order valence-electron chi connectivity index (χ4n) is 4.01. The molecule has 150 valence electrons. The molecular weight excluding hydrogens is 358 g/mol. The lowest BCUT2D eigenvalue weighted by atomic mass is 9.87. The summed E-state index contributed by atoms with van der Waals surface area (Å²) in [4.78, 5) is 6.15. The van der Waals surface area contributed by atoms with Crippen molar-refractivity contribution < 1.29 is 5.11 Å². The molecule has 4 heteroatoms. The second-order valence-corrected chi connectivity index (χ2v) is 8.94. The van der Waals surface area contributed by atoms with Gasteiger partial charge in [-0.1, -0.05) is 45.0 Å². The highest BCUT2D eigenvalue weighted by Gasteiger charge is 2.40. The van der Waals surface area contributed by atoms with Crippen LogP contribution in [0.3, 0.4) is 0 Å². The summed E-state index contributed by atoms with van der Waals surface area (Å²) >= 11 is 0. The Kier molecular flexibility index (Phi) is 4.83. The standard InChI is InChI=1S/C25H29N3O/c1-24(2,3)19-8-10-20(11-9-19)28-17-21-22(25(28,4)29)6-5-7-23(21)27-16-18-12-14-26-15-13-18/h5-15,27,29H,16-17H2,1-4H3. The lowest BCUT2D eigenvalue weighted by molar-refractivity contribution is 0.0620. The van der Waals surface area contributed by atoms with Crippen LogP contribution in [0.2, 0.25) is 0 Å². The number of hydrogen-bond donors (Lipinski definition) is 2. The van der Waals surface area contributed by atoms with E-state index in [1.807, 2.05) is 31.2 Å². The maximum atomic E-state index is 11.4. The minimum absolute atomic E-state index is 0.110. The van der Waals surface area contributed by atoms with Crippen LogP contribution < -0.4 is 10.2 Å². The predicted molar refractivity (Wildman–Crippen MR) is 119 cm³/mol. The molecule has 4 nitrogen and oxygen atoms in total. The normalized spacial score (nSPS) is 18.6. The van der Waals surface area contributed by atoms with Crippen molar-refractivity contribution in [3.63, 3.8) is 0 Å². The van der Waals surface area contributed by atoms with E-state index in [1.54, 1.807) is 12.4 Å². The first-order valence-corrected chi connectivity index (χ1v) is 10.1. The molecule has 1 aromatic heterocycles. The maximum Gasteiger partial charge on any atom is 0.162 e. The molecule has 4 rings (SSSR count). The highest BCUT2D eigenvalue weighted by molar-refractivity contribution is 5.65. The molecule has 1 atom stereocenters. The van der Waals surface area contributed by atoms with E-state index in [0.717, 1.165) is 29.0 Å². The van der Waals surface area contributed by atoms with Crippen molar-refractivity contribution in [2.75, 3.05) is 10.2 Å². The number of fused-ring (bicyclic) bond motifs is 1. The largest absolute Gasteiger partial charge is 0.381 e. The molecule has 2 N–H and O–H groups in total. The highest BCUT2D eigenvalue weighted by Crippen LogP contribution is 2.43. The van der Waals surface area contributed by atoms with Crippen LogP contribution >= 0.6 is 0 Å². The van der Waals surface area contributed by atoms with Crippen LogP contribution in [0.1, 0.15) is 49.9 Å². The summed E-state index contributed by atoms with van der Waals surface area (Å²) in [6.45, 7) is 9.90. The molecule has 0 amide bonds. The lowest BCUT2D eigenvalue weighted by Gasteiger charge is -2.33. The Morgan fingerprint density at radius 1 is 1.03 bits per heavy atom. The summed E-state index contributed by atoms with van der Waals surface area (Å²) in [5.41, 5.74) is 5.72. The predicted octanol–water partition coefficient (Wildman–Crippen LogP) is 5.18. The highest BCUT2D eigenvalue weighted by atomic mass is 16.3. The van der Waals surface area contributed by atoms with Gasteiger partial charge in [-0.25, -0.2) is 0 Å². The Hall–Kier alpha value is -2.85. The molecule has 2 aromatic carbocycles. The second-order valence-electron chi connectivity index (χ2n) is 8.94. The van der Waals surface area contributed by atoms with E-state index in [4.69, 9.17) is 0 Å². The average molecular weight is 388 g/mol. The number of rotatable bonds is 4. The Bertz CT molecular complexity index is 989. The van der Waals surface area contributed by atoms with Gasteiger partial charge in [-0.05, 0) is 53.8 Å². The van der Waals surface area contributed by atoms with Crippen LogP contribution in [0.5, 0.6) is 0 Å². The fraction of sp³-hybridized carbons (Fsp3) is 0.320. The zero-order valence-electron chi connectivity index (χ0n) is 17.6. The third-order valence-electron chi connectivity index (χ3n) is 5.81. The number of aliphatic hydroxyl groups is 1. The SMILES string of the molecule is CC(C)(C)c1ccc(N2Cc3c(NCc4ccncc4)cccc3C2(C)O)cc1. The van der Waals surface area contributed by atoms with Gasteiger partial charge in [0.25, 0.3) is 0 Å². The molecule has 0 bridgehead atoms. The van der Waals surface area contributed by atoms with Gasteiger partial charge in [0.15, 0.2) is 5.72 Å². The molecular formula is C25H29N3O. The van der Waals surface area contributed by atoms with Crippen molar-refractivity contribution in [2.45, 2.75) is 51.9 Å². The van der Waals surface area contributed by atoms with Crippen molar-refractivity contribution in [3.05, 3.63) is 89.2 Å². The molecule has 1 aliphatic rings. The van der Waals surface area contributed by atoms with E-state index < -0.39 is 5.72 Å². The van der Waals surface area contributed by atoms with Crippen LogP contribution in [0.15, 0.2) is 67.0 Å². The lowest BCUT2D eigenvalue weighted by Crippen LogP contribution is -2.38. The van der Waals surface area contributed by atoms with Crippen molar-refractivity contribution in [3.8, 4) is 0 Å². The second kappa shape index (κ2) is 7.20. The fourth-order valence-corrected chi connectivity index (χ4v) is 4.01. The van der Waals surface area contributed by atoms with E-state index in [0.29, 0.717) is 6.54 Å². The van der Waals surface area contributed by atoms with Gasteiger partial charge in [-0.3, -0.25) is 4.98 Å². The van der Waals surface area contributed by atoms with E-state index in [2.05, 4.69) is 66.3 Å². The van der Waals surface area contributed by atoms with Crippen LogP contribution in [-0.2, 0) is 24.2 Å². The van der Waals surface area contributed by atoms with Crippen LogP contribution in [-0.4, -0.2) is 10.1 Å². The summed E-state index contributed by atoms with van der Waals surface area (Å²) in [5, 5.41) is 14.9. The number of pyridine rings is 1. The monoisotopic (exact) mass is 387 g/mol. The number of nitrogens with zero attached hydrogens (tertiary/aromatic N) is 2. The van der Waals surface area contributed by atoms with Gasteiger partial charge >= 0.3 is 0 Å². The van der Waals surface area contributed by atoms with E-state index in [-0.39, 0.29) is 5.41 Å². The van der Waals surface area contributed by atoms with Gasteiger partial charge in [-0.2, -0.15) is 0 Å². The van der Waals surface area contributed by atoms with Crippen LogP contribution in [0.4, 0.5) is 11.4 Å². The molecule has 2 heterocycles. The third kappa shape index (κ3) is 3.73. The molecule has 0 radical (unpaired) electrons. The zero-order chi connectivity index (χ0) is 20.6. The van der Waals surface area contributed by atoms with Gasteiger partial charge in [-0.15, -0.1) is 0 Å².